The fourth-order valence-electron chi connectivity index (χ4n) is 4.19. The second kappa shape index (κ2) is 13.3. The Balaban J connectivity index is 1.72. The van der Waals surface area contributed by atoms with Gasteiger partial charge in [-0.3, -0.25) is 9.59 Å². The highest BCUT2D eigenvalue weighted by Gasteiger charge is 2.23. The number of aryl methyl sites for hydroxylation is 1. The van der Waals surface area contributed by atoms with E-state index in [9.17, 15) is 27.2 Å². The third-order valence-corrected chi connectivity index (χ3v) is 7.23. The van der Waals surface area contributed by atoms with E-state index in [1.807, 2.05) is 6.92 Å². The topological polar surface area (TPSA) is 97.3 Å². The number of fused-ring (bicyclic) bond motifs is 1. The van der Waals surface area contributed by atoms with Gasteiger partial charge < -0.3 is 25.3 Å². The second-order valence-electron chi connectivity index (χ2n) is 10.8. The SMILES string of the molecule is CCn1c(Nc2c(Cl)ccc(CNC(=O)C(C)(C)C)c2Cl)nc2cc(C(=O)Nc3ccc(F)c(F)c3)c(OCC(F)F)cc21. The van der Waals surface area contributed by atoms with Gasteiger partial charge in [0.15, 0.2) is 11.6 Å². The number of amides is 2. The molecule has 0 spiro atoms. The molecule has 0 atom stereocenters. The molecular weight excluding hydrogens is 625 g/mol. The third kappa shape index (κ3) is 7.36. The number of carbonyl (C=O) groups is 2. The van der Waals surface area contributed by atoms with Gasteiger partial charge in [-0.1, -0.05) is 50.0 Å². The molecule has 0 bridgehead atoms. The third-order valence-electron chi connectivity index (χ3n) is 6.48. The van der Waals surface area contributed by atoms with Crippen molar-refractivity contribution in [3.05, 3.63) is 75.3 Å². The van der Waals surface area contributed by atoms with E-state index in [-0.39, 0.29) is 51.0 Å². The molecule has 3 aromatic carbocycles. The summed E-state index contributed by atoms with van der Waals surface area (Å²) in [7, 11) is 0. The summed E-state index contributed by atoms with van der Waals surface area (Å²) in [5.74, 6) is -3.18. The van der Waals surface area contributed by atoms with Crippen LogP contribution in [0.5, 0.6) is 5.75 Å². The summed E-state index contributed by atoms with van der Waals surface area (Å²) in [4.78, 5) is 30.1. The summed E-state index contributed by atoms with van der Waals surface area (Å²) in [6.07, 6.45) is -2.83. The molecule has 0 aliphatic rings. The van der Waals surface area contributed by atoms with Crippen LogP contribution in [0.15, 0.2) is 42.5 Å². The van der Waals surface area contributed by atoms with Gasteiger partial charge in [-0.2, -0.15) is 0 Å². The number of aromatic nitrogens is 2. The Morgan fingerprint density at radius 2 is 1.77 bits per heavy atom. The van der Waals surface area contributed by atoms with Crippen LogP contribution in [0.4, 0.5) is 34.9 Å². The average molecular weight is 654 g/mol. The van der Waals surface area contributed by atoms with Crippen LogP contribution in [0.1, 0.15) is 43.6 Å². The molecule has 0 aliphatic heterocycles. The van der Waals surface area contributed by atoms with Gasteiger partial charge >= 0.3 is 0 Å². The van der Waals surface area contributed by atoms with Gasteiger partial charge in [-0.15, -0.1) is 0 Å². The molecule has 0 fully saturated rings. The van der Waals surface area contributed by atoms with Crippen LogP contribution < -0.4 is 20.7 Å². The highest BCUT2D eigenvalue weighted by molar-refractivity contribution is 6.39. The number of rotatable bonds is 10. The normalized spacial score (nSPS) is 11.6. The minimum Gasteiger partial charge on any atom is -0.487 e. The molecule has 1 heterocycles. The molecule has 0 saturated heterocycles. The Morgan fingerprint density at radius 3 is 2.41 bits per heavy atom. The lowest BCUT2D eigenvalue weighted by molar-refractivity contribution is -0.128. The summed E-state index contributed by atoms with van der Waals surface area (Å²) in [5, 5.41) is 8.88. The highest BCUT2D eigenvalue weighted by Crippen LogP contribution is 2.37. The minimum atomic E-state index is -2.83. The van der Waals surface area contributed by atoms with Crippen LogP contribution in [0.2, 0.25) is 10.0 Å². The van der Waals surface area contributed by atoms with Gasteiger partial charge in [0.25, 0.3) is 12.3 Å². The number of halogens is 6. The quantitative estimate of drug-likeness (QED) is 0.151. The molecule has 4 aromatic rings. The molecule has 4 rings (SSSR count). The zero-order chi connectivity index (χ0) is 32.3. The van der Waals surface area contributed by atoms with E-state index >= 15 is 0 Å². The van der Waals surface area contributed by atoms with E-state index in [0.717, 1.165) is 18.2 Å². The van der Waals surface area contributed by atoms with Gasteiger partial charge in [-0.25, -0.2) is 22.5 Å². The molecule has 3 N–H and O–H groups in total. The average Bonchev–Trinajstić information content (AvgIpc) is 3.30. The molecule has 0 unspecified atom stereocenters. The van der Waals surface area contributed by atoms with E-state index in [4.69, 9.17) is 27.9 Å². The van der Waals surface area contributed by atoms with Crippen molar-refractivity contribution in [1.82, 2.24) is 14.9 Å². The van der Waals surface area contributed by atoms with E-state index in [0.29, 0.717) is 23.3 Å². The fourth-order valence-corrected chi connectivity index (χ4v) is 4.72. The predicted octanol–water partition coefficient (Wildman–Crippen LogP) is 7.94. The number of anilines is 3. The van der Waals surface area contributed by atoms with Gasteiger partial charge in [-0.05, 0) is 36.8 Å². The van der Waals surface area contributed by atoms with Crippen molar-refractivity contribution in [3.8, 4) is 5.75 Å². The zero-order valence-corrected chi connectivity index (χ0v) is 25.6. The number of hydrogen-bond donors (Lipinski definition) is 3. The van der Waals surface area contributed by atoms with E-state index in [1.165, 1.54) is 12.1 Å². The van der Waals surface area contributed by atoms with Crippen molar-refractivity contribution in [3.63, 3.8) is 0 Å². The van der Waals surface area contributed by atoms with Crippen LogP contribution in [0.3, 0.4) is 0 Å². The number of nitrogens with one attached hydrogen (secondary N) is 3. The highest BCUT2D eigenvalue weighted by atomic mass is 35.5. The van der Waals surface area contributed by atoms with Gasteiger partial charge in [0.05, 0.1) is 32.3 Å². The Hall–Kier alpha value is -4.03. The maximum atomic E-state index is 13.7. The first-order valence-electron chi connectivity index (χ1n) is 13.4. The van der Waals surface area contributed by atoms with Crippen molar-refractivity contribution < 1.29 is 31.9 Å². The lowest BCUT2D eigenvalue weighted by Crippen LogP contribution is -2.34. The van der Waals surface area contributed by atoms with E-state index < -0.39 is 36.0 Å². The molecule has 14 heteroatoms. The summed E-state index contributed by atoms with van der Waals surface area (Å²) in [5.41, 5.74) is 0.801. The maximum Gasteiger partial charge on any atom is 0.272 e. The number of nitrogens with zero attached hydrogens (tertiary/aromatic N) is 2. The van der Waals surface area contributed by atoms with Crippen molar-refractivity contribution in [2.45, 2.75) is 47.2 Å². The van der Waals surface area contributed by atoms with Crippen LogP contribution in [0.25, 0.3) is 11.0 Å². The minimum absolute atomic E-state index is 0.0573. The van der Waals surface area contributed by atoms with Crippen molar-refractivity contribution in [2.75, 3.05) is 17.2 Å². The number of hydrogen-bond acceptors (Lipinski definition) is 5. The van der Waals surface area contributed by atoms with Crippen molar-refractivity contribution >= 4 is 63.4 Å². The predicted molar refractivity (Wildman–Crippen MR) is 162 cm³/mol. The molecule has 2 amide bonds. The number of ether oxygens (including phenoxy) is 1. The summed E-state index contributed by atoms with van der Waals surface area (Å²) in [6, 6.07) is 8.81. The van der Waals surface area contributed by atoms with Crippen molar-refractivity contribution in [1.29, 1.82) is 0 Å². The number of benzene rings is 3. The molecule has 8 nitrogen and oxygen atoms in total. The second-order valence-corrected chi connectivity index (χ2v) is 11.5. The molecule has 0 saturated carbocycles. The summed E-state index contributed by atoms with van der Waals surface area (Å²) < 4.78 is 60.2. The first-order chi connectivity index (χ1) is 20.7. The summed E-state index contributed by atoms with van der Waals surface area (Å²) in [6.45, 7) is 6.68. The Bertz CT molecular complexity index is 1720. The molecule has 0 radical (unpaired) electrons. The molecular formula is C30H29Cl2F4N5O3. The van der Waals surface area contributed by atoms with Gasteiger partial charge in [0.2, 0.25) is 11.9 Å². The monoisotopic (exact) mass is 653 g/mol. The van der Waals surface area contributed by atoms with Crippen LogP contribution in [0, 0.1) is 17.0 Å². The maximum absolute atomic E-state index is 13.7. The van der Waals surface area contributed by atoms with Crippen LogP contribution in [-0.4, -0.2) is 34.4 Å². The summed E-state index contributed by atoms with van der Waals surface area (Å²) >= 11 is 13.2. The van der Waals surface area contributed by atoms with Gasteiger partial charge in [0.1, 0.15) is 12.4 Å². The Kier molecular flexibility index (Phi) is 9.94. The molecule has 44 heavy (non-hydrogen) atoms. The zero-order valence-electron chi connectivity index (χ0n) is 24.1. The van der Waals surface area contributed by atoms with Crippen LogP contribution in [-0.2, 0) is 17.9 Å². The Labute approximate surface area is 260 Å². The standard InChI is InChI=1S/C30H29Cl2F4N5O3/c1-5-41-22-12-23(44-14-24(35)36)17(27(42)38-16-7-9-19(33)20(34)10-16)11-21(22)39-29(41)40-26-18(31)8-6-15(25(26)32)13-37-28(43)30(2,3)4/h6-12,24H,5,13-14H2,1-4H3,(H,37,43)(H,38,42)(H,39,40). The van der Waals surface area contributed by atoms with E-state index in [1.54, 1.807) is 37.5 Å². The van der Waals surface area contributed by atoms with Crippen molar-refractivity contribution in [2.24, 2.45) is 5.41 Å². The fraction of sp³-hybridized carbons (Fsp3) is 0.300. The molecule has 1 aromatic heterocycles. The number of carbonyl (C=O) groups excluding carboxylic acids is 2. The first-order valence-corrected chi connectivity index (χ1v) is 14.2. The molecule has 234 valence electrons. The first kappa shape index (κ1) is 32.9. The number of alkyl halides is 2. The largest absolute Gasteiger partial charge is 0.487 e. The smallest absolute Gasteiger partial charge is 0.272 e. The Morgan fingerprint density at radius 1 is 1.05 bits per heavy atom. The molecule has 0 aliphatic carbocycles. The van der Waals surface area contributed by atoms with Gasteiger partial charge in [0, 0.05) is 36.3 Å². The van der Waals surface area contributed by atoms with E-state index in [2.05, 4.69) is 20.9 Å². The lowest BCUT2D eigenvalue weighted by atomic mass is 9.95. The number of imidazole rings is 1. The van der Waals surface area contributed by atoms with Crippen LogP contribution >= 0.6 is 23.2 Å². The lowest BCUT2D eigenvalue weighted by Gasteiger charge is -2.19.